The van der Waals surface area contributed by atoms with Gasteiger partial charge in [0, 0.05) is 12.6 Å². The molecular weight excluding hydrogens is 316 g/mol. The monoisotopic (exact) mass is 336 g/mol. The van der Waals surface area contributed by atoms with Crippen molar-refractivity contribution >= 4 is 23.2 Å². The molecule has 128 valence electrons. The van der Waals surface area contributed by atoms with Gasteiger partial charge in [0.05, 0.1) is 30.3 Å². The van der Waals surface area contributed by atoms with E-state index < -0.39 is 0 Å². The molecule has 0 radical (unpaired) electrons. The first-order chi connectivity index (χ1) is 12.2. The third-order valence-electron chi connectivity index (χ3n) is 3.81. The SMILES string of the molecule is CCOc1ccccc1/C=N/NC(=O)Cc1nc2ccccc2n1C. The minimum Gasteiger partial charge on any atom is -0.493 e. The zero-order valence-electron chi connectivity index (χ0n) is 14.3. The Balaban J connectivity index is 1.65. The number of imidazole rings is 1. The van der Waals surface area contributed by atoms with Gasteiger partial charge in [0.2, 0.25) is 5.91 Å². The first kappa shape index (κ1) is 16.7. The largest absolute Gasteiger partial charge is 0.493 e. The number of hydrogen-bond acceptors (Lipinski definition) is 4. The van der Waals surface area contributed by atoms with E-state index in [-0.39, 0.29) is 12.3 Å². The summed E-state index contributed by atoms with van der Waals surface area (Å²) in [6.45, 7) is 2.50. The molecule has 0 aliphatic heterocycles. The standard InChI is InChI=1S/C19H20N4O2/c1-3-25-17-11-7-4-8-14(17)13-20-22-19(24)12-18-21-15-9-5-6-10-16(15)23(18)2/h4-11,13H,3,12H2,1-2H3,(H,22,24)/b20-13+. The predicted molar refractivity (Wildman–Crippen MR) is 97.8 cm³/mol. The molecule has 0 bridgehead atoms. The van der Waals surface area contributed by atoms with E-state index in [0.29, 0.717) is 12.4 Å². The summed E-state index contributed by atoms with van der Waals surface area (Å²) in [5.41, 5.74) is 5.23. The average molecular weight is 336 g/mol. The van der Waals surface area contributed by atoms with Crippen LogP contribution in [-0.2, 0) is 18.3 Å². The van der Waals surface area contributed by atoms with E-state index in [1.807, 2.05) is 67.1 Å². The van der Waals surface area contributed by atoms with Gasteiger partial charge < -0.3 is 9.30 Å². The van der Waals surface area contributed by atoms with Crippen molar-refractivity contribution in [3.63, 3.8) is 0 Å². The predicted octanol–water partition coefficient (Wildman–Crippen LogP) is 2.66. The van der Waals surface area contributed by atoms with Crippen LogP contribution in [0.2, 0.25) is 0 Å². The van der Waals surface area contributed by atoms with Crippen LogP contribution in [0.1, 0.15) is 18.3 Å². The third kappa shape index (κ3) is 3.85. The molecule has 0 unspecified atom stereocenters. The number of para-hydroxylation sites is 3. The van der Waals surface area contributed by atoms with Gasteiger partial charge in [0.15, 0.2) is 0 Å². The van der Waals surface area contributed by atoms with Crippen molar-refractivity contribution in [1.29, 1.82) is 0 Å². The number of hydrazone groups is 1. The number of aromatic nitrogens is 2. The smallest absolute Gasteiger partial charge is 0.247 e. The van der Waals surface area contributed by atoms with Crippen molar-refractivity contribution in [2.75, 3.05) is 6.61 Å². The summed E-state index contributed by atoms with van der Waals surface area (Å²) in [5, 5.41) is 4.02. The molecule has 1 N–H and O–H groups in total. The summed E-state index contributed by atoms with van der Waals surface area (Å²) in [5.74, 6) is 1.21. The van der Waals surface area contributed by atoms with E-state index in [4.69, 9.17) is 4.74 Å². The molecule has 0 saturated heterocycles. The van der Waals surface area contributed by atoms with E-state index in [2.05, 4.69) is 15.5 Å². The molecule has 0 spiro atoms. The lowest BCUT2D eigenvalue weighted by Gasteiger charge is -2.06. The van der Waals surface area contributed by atoms with Crippen LogP contribution in [0.25, 0.3) is 11.0 Å². The van der Waals surface area contributed by atoms with Crippen LogP contribution in [-0.4, -0.2) is 28.3 Å². The lowest BCUT2D eigenvalue weighted by molar-refractivity contribution is -0.120. The van der Waals surface area contributed by atoms with Crippen LogP contribution in [0.15, 0.2) is 53.6 Å². The molecule has 1 aromatic heterocycles. The van der Waals surface area contributed by atoms with Crippen molar-refractivity contribution in [2.24, 2.45) is 12.1 Å². The summed E-state index contributed by atoms with van der Waals surface area (Å²) >= 11 is 0. The molecule has 1 amide bonds. The molecule has 2 aromatic carbocycles. The molecule has 3 aromatic rings. The first-order valence-electron chi connectivity index (χ1n) is 8.13. The molecule has 0 atom stereocenters. The number of hydrogen-bond donors (Lipinski definition) is 1. The minimum atomic E-state index is -0.219. The number of nitrogens with zero attached hydrogens (tertiary/aromatic N) is 3. The highest BCUT2D eigenvalue weighted by Crippen LogP contribution is 2.16. The van der Waals surface area contributed by atoms with Crippen LogP contribution in [0, 0.1) is 0 Å². The van der Waals surface area contributed by atoms with Gasteiger partial charge in [-0.2, -0.15) is 5.10 Å². The highest BCUT2D eigenvalue weighted by Gasteiger charge is 2.11. The minimum absolute atomic E-state index is 0.162. The lowest BCUT2D eigenvalue weighted by Crippen LogP contribution is -2.21. The molecule has 3 rings (SSSR count). The molecule has 0 saturated carbocycles. The molecule has 0 fully saturated rings. The Morgan fingerprint density at radius 2 is 2.00 bits per heavy atom. The number of carbonyl (C=O) groups excluding carboxylic acids is 1. The molecule has 1 heterocycles. The Morgan fingerprint density at radius 3 is 2.80 bits per heavy atom. The number of benzene rings is 2. The van der Waals surface area contributed by atoms with E-state index in [1.165, 1.54) is 0 Å². The van der Waals surface area contributed by atoms with Gasteiger partial charge in [-0.05, 0) is 31.2 Å². The third-order valence-corrected chi connectivity index (χ3v) is 3.81. The van der Waals surface area contributed by atoms with Gasteiger partial charge in [-0.3, -0.25) is 4.79 Å². The van der Waals surface area contributed by atoms with Crippen molar-refractivity contribution < 1.29 is 9.53 Å². The van der Waals surface area contributed by atoms with E-state index in [1.54, 1.807) is 6.21 Å². The zero-order chi connectivity index (χ0) is 17.6. The van der Waals surface area contributed by atoms with E-state index in [0.717, 1.165) is 22.3 Å². The second-order valence-electron chi connectivity index (χ2n) is 5.52. The van der Waals surface area contributed by atoms with Crippen LogP contribution in [0.4, 0.5) is 0 Å². The number of amides is 1. The summed E-state index contributed by atoms with van der Waals surface area (Å²) < 4.78 is 7.44. The quantitative estimate of drug-likeness (QED) is 0.556. The maximum atomic E-state index is 12.1. The molecule has 6 heteroatoms. The Bertz CT molecular complexity index is 915. The summed E-state index contributed by atoms with van der Waals surface area (Å²) in [7, 11) is 1.90. The molecule has 0 aliphatic rings. The number of aryl methyl sites for hydroxylation is 1. The summed E-state index contributed by atoms with van der Waals surface area (Å²) in [6, 6.07) is 15.3. The van der Waals surface area contributed by atoms with Gasteiger partial charge in [-0.15, -0.1) is 0 Å². The van der Waals surface area contributed by atoms with Gasteiger partial charge >= 0.3 is 0 Å². The zero-order valence-corrected chi connectivity index (χ0v) is 14.3. The Labute approximate surface area is 146 Å². The fourth-order valence-electron chi connectivity index (χ4n) is 2.58. The number of nitrogens with one attached hydrogen (secondary N) is 1. The van der Waals surface area contributed by atoms with Crippen LogP contribution in [0.5, 0.6) is 5.75 Å². The number of rotatable bonds is 6. The van der Waals surface area contributed by atoms with E-state index in [9.17, 15) is 4.79 Å². The highest BCUT2D eigenvalue weighted by molar-refractivity contribution is 5.86. The van der Waals surface area contributed by atoms with Gasteiger partial charge in [0.25, 0.3) is 0 Å². The van der Waals surface area contributed by atoms with Gasteiger partial charge in [-0.1, -0.05) is 24.3 Å². The van der Waals surface area contributed by atoms with Crippen molar-refractivity contribution in [1.82, 2.24) is 15.0 Å². The maximum absolute atomic E-state index is 12.1. The number of fused-ring (bicyclic) bond motifs is 1. The Morgan fingerprint density at radius 1 is 1.24 bits per heavy atom. The molecule has 25 heavy (non-hydrogen) atoms. The fraction of sp³-hybridized carbons (Fsp3) is 0.211. The van der Waals surface area contributed by atoms with E-state index >= 15 is 0 Å². The highest BCUT2D eigenvalue weighted by atomic mass is 16.5. The van der Waals surface area contributed by atoms with Crippen molar-refractivity contribution in [3.05, 3.63) is 59.9 Å². The molecule has 6 nitrogen and oxygen atoms in total. The van der Waals surface area contributed by atoms with Gasteiger partial charge in [0.1, 0.15) is 11.6 Å². The molecular formula is C19H20N4O2. The fourth-order valence-corrected chi connectivity index (χ4v) is 2.58. The van der Waals surface area contributed by atoms with Crippen molar-refractivity contribution in [3.8, 4) is 5.75 Å². The second-order valence-corrected chi connectivity index (χ2v) is 5.52. The average Bonchev–Trinajstić information content (AvgIpc) is 2.93. The second kappa shape index (κ2) is 7.61. The topological polar surface area (TPSA) is 68.5 Å². The first-order valence-corrected chi connectivity index (χ1v) is 8.13. The van der Waals surface area contributed by atoms with Crippen LogP contribution >= 0.6 is 0 Å². The molecule has 0 aliphatic carbocycles. The lowest BCUT2D eigenvalue weighted by atomic mass is 10.2. The van der Waals surface area contributed by atoms with Crippen LogP contribution in [0.3, 0.4) is 0 Å². The van der Waals surface area contributed by atoms with Crippen LogP contribution < -0.4 is 10.2 Å². The maximum Gasteiger partial charge on any atom is 0.247 e. The van der Waals surface area contributed by atoms with Gasteiger partial charge in [-0.25, -0.2) is 10.4 Å². The Hall–Kier alpha value is -3.15. The number of carbonyl (C=O) groups is 1. The Kier molecular flexibility index (Phi) is 5.09. The van der Waals surface area contributed by atoms with Crippen molar-refractivity contribution in [2.45, 2.75) is 13.3 Å². The summed E-state index contributed by atoms with van der Waals surface area (Å²) in [4.78, 5) is 16.6. The normalized spacial score (nSPS) is 11.1. The number of ether oxygens (including phenoxy) is 1. The summed E-state index contributed by atoms with van der Waals surface area (Å²) in [6.07, 6.45) is 1.74.